The molecule has 0 spiro atoms. The highest BCUT2D eigenvalue weighted by Gasteiger charge is 2.28. The van der Waals surface area contributed by atoms with Crippen LogP contribution in [-0.2, 0) is 0 Å². The molecule has 0 radical (unpaired) electrons. The van der Waals surface area contributed by atoms with Crippen LogP contribution in [0.15, 0.2) is 53.3 Å². The number of carbonyl (C=O) groups is 2. The highest BCUT2D eigenvalue weighted by atomic mass is 19.4. The normalized spacial score (nSPS) is 11.2. The van der Waals surface area contributed by atoms with Crippen LogP contribution in [0.1, 0.15) is 26.4 Å². The van der Waals surface area contributed by atoms with E-state index in [0.29, 0.717) is 0 Å². The third-order valence-corrected chi connectivity index (χ3v) is 4.41. The summed E-state index contributed by atoms with van der Waals surface area (Å²) in [5, 5.41) is 7.84. The van der Waals surface area contributed by atoms with Crippen LogP contribution < -0.4 is 16.2 Å². The Bertz CT molecular complexity index is 1270. The molecular weight excluding hydrogens is 451 g/mol. The zero-order valence-electron chi connectivity index (χ0n) is 16.8. The average molecular weight is 466 g/mol. The lowest BCUT2D eigenvalue weighted by molar-refractivity contribution is -0.123. The van der Waals surface area contributed by atoms with E-state index in [1.54, 1.807) is 5.32 Å². The molecule has 0 unspecified atom stereocenters. The predicted octanol–water partition coefficient (Wildman–Crippen LogP) is 3.36. The van der Waals surface area contributed by atoms with Crippen molar-refractivity contribution in [2.24, 2.45) is 0 Å². The van der Waals surface area contributed by atoms with Crippen LogP contribution in [0.2, 0.25) is 0 Å². The summed E-state index contributed by atoms with van der Waals surface area (Å²) in [7, 11) is 0. The molecule has 1 heterocycles. The Labute approximate surface area is 182 Å². The van der Waals surface area contributed by atoms with Gasteiger partial charge in [0.15, 0.2) is 0 Å². The quantitative estimate of drug-likeness (QED) is 0.564. The van der Waals surface area contributed by atoms with Gasteiger partial charge in [-0.2, -0.15) is 23.0 Å². The predicted molar refractivity (Wildman–Crippen MR) is 107 cm³/mol. The van der Waals surface area contributed by atoms with Crippen molar-refractivity contribution in [1.29, 1.82) is 0 Å². The Morgan fingerprint density at radius 1 is 1.00 bits per heavy atom. The molecule has 2 N–H and O–H groups in total. The second-order valence-electron chi connectivity index (χ2n) is 6.83. The Balaban J connectivity index is 1.87. The Kier molecular flexibility index (Phi) is 6.56. The van der Waals surface area contributed by atoms with E-state index in [9.17, 15) is 36.3 Å². The van der Waals surface area contributed by atoms with Gasteiger partial charge in [0.25, 0.3) is 17.4 Å². The minimum absolute atomic E-state index is 0.0809. The number of nitrogens with zero attached hydrogens (tertiary/aromatic N) is 2. The number of anilines is 1. The number of alkyl halides is 3. The lowest BCUT2D eigenvalue weighted by Crippen LogP contribution is -2.33. The minimum Gasteiger partial charge on any atom is -0.343 e. The summed E-state index contributed by atoms with van der Waals surface area (Å²) in [6.07, 6.45) is -4.66. The number of carbonyl (C=O) groups excluding carboxylic acids is 2. The van der Waals surface area contributed by atoms with Crippen molar-refractivity contribution in [3.8, 4) is 5.69 Å². The second-order valence-corrected chi connectivity index (χ2v) is 6.83. The summed E-state index contributed by atoms with van der Waals surface area (Å²) in [6.45, 7) is -0.326. The van der Waals surface area contributed by atoms with Crippen LogP contribution in [0.5, 0.6) is 0 Å². The van der Waals surface area contributed by atoms with Gasteiger partial charge in [-0.05, 0) is 49.4 Å². The van der Waals surface area contributed by atoms with Crippen LogP contribution in [-0.4, -0.2) is 34.3 Å². The summed E-state index contributed by atoms with van der Waals surface area (Å²) in [5.41, 5.74) is -1.40. The first-order chi connectivity index (χ1) is 15.4. The first-order valence-electron chi connectivity index (χ1n) is 9.27. The van der Waals surface area contributed by atoms with Crippen molar-refractivity contribution >= 4 is 17.5 Å². The summed E-state index contributed by atoms with van der Waals surface area (Å²) in [6, 6.07) is 8.63. The fraction of sp³-hybridized carbons (Fsp3) is 0.143. The molecule has 3 rings (SSSR count). The molecule has 0 bridgehead atoms. The van der Waals surface area contributed by atoms with Crippen LogP contribution >= 0.6 is 0 Å². The fourth-order valence-corrected chi connectivity index (χ4v) is 2.71. The number of halogens is 5. The van der Waals surface area contributed by atoms with Gasteiger partial charge in [0, 0.05) is 22.9 Å². The summed E-state index contributed by atoms with van der Waals surface area (Å²) in [5.74, 6) is -3.56. The van der Waals surface area contributed by atoms with Crippen LogP contribution in [0.3, 0.4) is 0 Å². The van der Waals surface area contributed by atoms with E-state index in [4.69, 9.17) is 0 Å². The Morgan fingerprint density at radius 3 is 2.30 bits per heavy atom. The highest BCUT2D eigenvalue weighted by Crippen LogP contribution is 2.22. The van der Waals surface area contributed by atoms with Gasteiger partial charge in [0.1, 0.15) is 23.9 Å². The van der Waals surface area contributed by atoms with Gasteiger partial charge in [-0.25, -0.2) is 8.78 Å². The van der Waals surface area contributed by atoms with Gasteiger partial charge in [0.2, 0.25) is 0 Å². The minimum atomic E-state index is -4.66. The smallest absolute Gasteiger partial charge is 0.343 e. The number of amides is 2. The molecule has 0 aliphatic carbocycles. The Hall–Kier alpha value is -4.09. The fourth-order valence-electron chi connectivity index (χ4n) is 2.71. The average Bonchev–Trinajstić information content (AvgIpc) is 2.75. The van der Waals surface area contributed by atoms with Crippen molar-refractivity contribution < 1.29 is 31.5 Å². The summed E-state index contributed by atoms with van der Waals surface area (Å²) >= 11 is 0. The van der Waals surface area contributed by atoms with E-state index in [1.165, 1.54) is 19.1 Å². The number of rotatable bonds is 5. The van der Waals surface area contributed by atoms with Crippen molar-refractivity contribution in [2.45, 2.75) is 13.1 Å². The van der Waals surface area contributed by atoms with Crippen molar-refractivity contribution in [3.63, 3.8) is 0 Å². The van der Waals surface area contributed by atoms with Crippen molar-refractivity contribution in [1.82, 2.24) is 15.1 Å². The number of benzene rings is 2. The lowest BCUT2D eigenvalue weighted by atomic mass is 10.1. The summed E-state index contributed by atoms with van der Waals surface area (Å²) < 4.78 is 65.2. The molecule has 0 saturated heterocycles. The van der Waals surface area contributed by atoms with Crippen molar-refractivity contribution in [3.05, 3.63) is 87.3 Å². The van der Waals surface area contributed by atoms with Gasteiger partial charge < -0.3 is 10.6 Å². The molecule has 0 aliphatic rings. The molecule has 0 aliphatic heterocycles. The van der Waals surface area contributed by atoms with E-state index in [0.717, 1.165) is 41.1 Å². The standard InChI is InChI=1S/C21H15F5N4O3/c1-11-15(23)8-12(19(32)27-10-21(24,25)26)9-17(11)28-20(33)16-6-7-18(31)30(29-16)14-4-2-13(22)3-5-14/h2-9H,10H2,1H3,(H,27,32)(H,28,33). The number of aromatic nitrogens is 2. The maximum absolute atomic E-state index is 14.3. The lowest BCUT2D eigenvalue weighted by Gasteiger charge is -2.13. The van der Waals surface area contributed by atoms with Gasteiger partial charge in [-0.1, -0.05) is 0 Å². The number of hydrogen-bond donors (Lipinski definition) is 2. The molecule has 3 aromatic rings. The van der Waals surface area contributed by atoms with Gasteiger partial charge in [-0.15, -0.1) is 0 Å². The molecule has 1 aromatic heterocycles. The van der Waals surface area contributed by atoms with E-state index in [2.05, 4.69) is 10.4 Å². The second kappa shape index (κ2) is 9.18. The molecule has 2 aromatic carbocycles. The first-order valence-corrected chi connectivity index (χ1v) is 9.27. The molecule has 0 atom stereocenters. The summed E-state index contributed by atoms with van der Waals surface area (Å²) in [4.78, 5) is 36.7. The zero-order valence-corrected chi connectivity index (χ0v) is 16.8. The monoisotopic (exact) mass is 466 g/mol. The van der Waals surface area contributed by atoms with Crippen molar-refractivity contribution in [2.75, 3.05) is 11.9 Å². The van der Waals surface area contributed by atoms with E-state index < -0.39 is 47.3 Å². The molecule has 12 heteroatoms. The molecule has 2 amide bonds. The first kappa shape index (κ1) is 23.6. The largest absolute Gasteiger partial charge is 0.405 e. The third-order valence-electron chi connectivity index (χ3n) is 4.41. The maximum Gasteiger partial charge on any atom is 0.405 e. The topological polar surface area (TPSA) is 93.1 Å². The SMILES string of the molecule is Cc1c(F)cc(C(=O)NCC(F)(F)F)cc1NC(=O)c1ccc(=O)n(-c2ccc(F)cc2)n1. The number of nitrogens with one attached hydrogen (secondary N) is 2. The molecule has 172 valence electrons. The van der Waals surface area contributed by atoms with Crippen LogP contribution in [0.25, 0.3) is 5.69 Å². The molecule has 33 heavy (non-hydrogen) atoms. The zero-order chi connectivity index (χ0) is 24.3. The van der Waals surface area contributed by atoms with Gasteiger partial charge >= 0.3 is 6.18 Å². The van der Waals surface area contributed by atoms with E-state index >= 15 is 0 Å². The van der Waals surface area contributed by atoms with E-state index in [1.807, 2.05) is 0 Å². The third kappa shape index (κ3) is 5.79. The van der Waals surface area contributed by atoms with Gasteiger partial charge in [0.05, 0.1) is 5.69 Å². The Morgan fingerprint density at radius 2 is 1.67 bits per heavy atom. The molecule has 0 fully saturated rings. The molecule has 7 nitrogen and oxygen atoms in total. The number of hydrogen-bond acceptors (Lipinski definition) is 4. The van der Waals surface area contributed by atoms with Crippen LogP contribution in [0, 0.1) is 18.6 Å². The maximum atomic E-state index is 14.3. The molecular formula is C21H15F5N4O3. The van der Waals surface area contributed by atoms with E-state index in [-0.39, 0.29) is 22.6 Å². The highest BCUT2D eigenvalue weighted by molar-refractivity contribution is 6.04. The molecule has 0 saturated carbocycles. The van der Waals surface area contributed by atoms with Crippen LogP contribution in [0.4, 0.5) is 27.6 Å². The van der Waals surface area contributed by atoms with Gasteiger partial charge in [-0.3, -0.25) is 14.4 Å².